The van der Waals surface area contributed by atoms with Crippen molar-refractivity contribution in [1.29, 1.82) is 0 Å². The van der Waals surface area contributed by atoms with Crippen molar-refractivity contribution in [2.24, 2.45) is 23.2 Å². The maximum Gasteiger partial charge on any atom is 0.344 e. The molecule has 6 atom stereocenters. The molecule has 40 heavy (non-hydrogen) atoms. The number of carbonyl (C=O) groups is 1. The lowest BCUT2D eigenvalue weighted by Gasteiger charge is -2.44. The summed E-state index contributed by atoms with van der Waals surface area (Å²) in [5, 5.41) is 19.0. The third kappa shape index (κ3) is 6.17. The van der Waals surface area contributed by atoms with E-state index >= 15 is 0 Å². The first-order chi connectivity index (χ1) is 18.9. The van der Waals surface area contributed by atoms with Gasteiger partial charge in [-0.05, 0) is 91.8 Å². The Hall–Kier alpha value is -1.82. The van der Waals surface area contributed by atoms with Crippen molar-refractivity contribution in [2.75, 3.05) is 14.2 Å². The van der Waals surface area contributed by atoms with Gasteiger partial charge in [-0.25, -0.2) is 0 Å². The number of allylic oxidation sites excluding steroid dienone is 7. The highest BCUT2D eigenvalue weighted by Crippen LogP contribution is 2.63. The van der Waals surface area contributed by atoms with Crippen LogP contribution in [-0.2, 0) is 18.4 Å². The summed E-state index contributed by atoms with van der Waals surface area (Å²) in [6.07, 6.45) is 16.4. The average molecular weight is 573 g/mol. The van der Waals surface area contributed by atoms with E-state index in [0.717, 1.165) is 37.7 Å². The first kappa shape index (κ1) is 32.7. The number of rotatable bonds is 12. The molecule has 0 saturated heterocycles. The molecular weight excluding hydrogens is 523 g/mol. The molecule has 0 spiro atoms. The minimum Gasteiger partial charge on any atom is -0.393 e. The summed E-state index contributed by atoms with van der Waals surface area (Å²) >= 11 is 0. The van der Waals surface area contributed by atoms with E-state index in [9.17, 15) is 19.6 Å². The molecule has 0 heterocycles. The Labute approximate surface area is 241 Å². The number of hydrogen-bond donors (Lipinski definition) is 2. The molecule has 0 aromatic heterocycles. The molecule has 222 valence electrons. The van der Waals surface area contributed by atoms with Crippen LogP contribution in [0.1, 0.15) is 71.6 Å². The lowest BCUT2D eigenvalue weighted by molar-refractivity contribution is -0.117. The topological polar surface area (TPSA) is 93.1 Å². The zero-order valence-electron chi connectivity index (χ0n) is 24.8. The van der Waals surface area contributed by atoms with Crippen molar-refractivity contribution in [1.82, 2.24) is 0 Å². The molecule has 0 bridgehead atoms. The van der Waals surface area contributed by atoms with Crippen LogP contribution in [0.15, 0.2) is 72.9 Å². The minimum absolute atomic E-state index is 0.103. The normalized spacial score (nSPS) is 32.4. The summed E-state index contributed by atoms with van der Waals surface area (Å²) in [6, 6.07) is 0. The molecule has 3 rings (SSSR count). The Morgan fingerprint density at radius 2 is 1.82 bits per heavy atom. The Kier molecular flexibility index (Phi) is 11.0. The van der Waals surface area contributed by atoms with E-state index in [-0.39, 0.29) is 30.0 Å². The maximum absolute atomic E-state index is 13.7. The third-order valence-electron chi connectivity index (χ3n) is 9.92. The predicted molar refractivity (Wildman–Crippen MR) is 162 cm³/mol. The Morgan fingerprint density at radius 1 is 1.18 bits per heavy atom. The number of ketones is 1. The number of carbonyl (C=O) groups excluding carboxylic acids is 1. The second-order valence-electron chi connectivity index (χ2n) is 12.1. The number of fused-ring (bicyclic) bond motifs is 1. The van der Waals surface area contributed by atoms with Crippen molar-refractivity contribution in [3.8, 4) is 0 Å². The number of hydrogen-bond acceptors (Lipinski definition) is 6. The number of aliphatic hydroxyl groups excluding tert-OH is 2. The molecule has 7 heteroatoms. The summed E-state index contributed by atoms with van der Waals surface area (Å²) < 4.78 is 24.2. The van der Waals surface area contributed by atoms with E-state index < -0.39 is 25.0 Å². The van der Waals surface area contributed by atoms with Crippen molar-refractivity contribution in [2.45, 2.75) is 89.0 Å². The van der Waals surface area contributed by atoms with Gasteiger partial charge in [0.25, 0.3) is 0 Å². The highest BCUT2D eigenvalue weighted by molar-refractivity contribution is 7.56. The molecule has 0 aliphatic heterocycles. The fraction of sp³-hybridized carbons (Fsp3) is 0.606. The largest absolute Gasteiger partial charge is 0.393 e. The van der Waals surface area contributed by atoms with Crippen LogP contribution in [0, 0.1) is 23.2 Å². The highest BCUT2D eigenvalue weighted by Gasteiger charge is 2.54. The first-order valence-corrected chi connectivity index (χ1v) is 16.1. The Balaban J connectivity index is 1.83. The summed E-state index contributed by atoms with van der Waals surface area (Å²) in [4.78, 5) is 13.7. The monoisotopic (exact) mass is 572 g/mol. The highest BCUT2D eigenvalue weighted by atomic mass is 31.2. The number of aliphatic hydroxyl groups is 2. The molecule has 3 saturated carbocycles. The van der Waals surface area contributed by atoms with Crippen molar-refractivity contribution < 1.29 is 28.6 Å². The molecule has 6 nitrogen and oxygen atoms in total. The van der Waals surface area contributed by atoms with Gasteiger partial charge in [0.15, 0.2) is 5.78 Å². The molecule has 0 radical (unpaired) electrons. The molecule has 0 aromatic carbocycles. The van der Waals surface area contributed by atoms with Gasteiger partial charge in [0.05, 0.1) is 12.2 Å². The zero-order chi connectivity index (χ0) is 29.7. The Bertz CT molecular complexity index is 1100. The average Bonchev–Trinajstić information content (AvgIpc) is 3.29. The second-order valence-corrected chi connectivity index (χ2v) is 14.7. The van der Waals surface area contributed by atoms with Crippen LogP contribution in [0.3, 0.4) is 0 Å². The quantitative estimate of drug-likeness (QED) is 0.145. The van der Waals surface area contributed by atoms with Gasteiger partial charge in [0, 0.05) is 20.6 Å². The van der Waals surface area contributed by atoms with E-state index in [0.29, 0.717) is 30.3 Å². The fourth-order valence-corrected chi connectivity index (χ4v) is 9.58. The van der Waals surface area contributed by atoms with E-state index in [1.807, 2.05) is 6.08 Å². The van der Waals surface area contributed by atoms with Crippen LogP contribution >= 0.6 is 7.60 Å². The smallest absolute Gasteiger partial charge is 0.344 e. The van der Waals surface area contributed by atoms with Crippen LogP contribution in [0.4, 0.5) is 0 Å². The van der Waals surface area contributed by atoms with Crippen molar-refractivity contribution >= 4 is 13.4 Å². The summed E-state index contributed by atoms with van der Waals surface area (Å²) in [6.45, 7) is 16.2. The lowest BCUT2D eigenvalue weighted by atomic mass is 9.61. The molecule has 0 amide bonds. The molecule has 3 aliphatic carbocycles. The third-order valence-corrected chi connectivity index (χ3v) is 12.5. The SMILES string of the molecule is C=CCC(CC=C)(C(=O)/C=C/[C@@H](C)[C@H]1CCC2/C(=C/C=C3/C[C@@H](O)C[C@H](O)C3=C)CCC[C@@]21C)P(=O)(OC)OC. The van der Waals surface area contributed by atoms with Gasteiger partial charge in [-0.15, -0.1) is 13.2 Å². The van der Waals surface area contributed by atoms with Gasteiger partial charge in [0.1, 0.15) is 5.16 Å². The Morgan fingerprint density at radius 3 is 2.42 bits per heavy atom. The molecule has 1 unspecified atom stereocenters. The molecular formula is C33H49O6P. The van der Waals surface area contributed by atoms with Crippen molar-refractivity contribution in [3.05, 3.63) is 72.9 Å². The van der Waals surface area contributed by atoms with Gasteiger partial charge in [-0.3, -0.25) is 9.36 Å². The summed E-state index contributed by atoms with van der Waals surface area (Å²) in [5.41, 5.74) is 3.17. The zero-order valence-corrected chi connectivity index (χ0v) is 25.7. The fourth-order valence-electron chi connectivity index (χ4n) is 7.68. The van der Waals surface area contributed by atoms with Gasteiger partial charge >= 0.3 is 7.60 Å². The lowest BCUT2D eigenvalue weighted by Crippen LogP contribution is -2.38. The van der Waals surface area contributed by atoms with E-state index in [1.165, 1.54) is 19.8 Å². The summed E-state index contributed by atoms with van der Waals surface area (Å²) in [7, 11) is -1.15. The van der Waals surface area contributed by atoms with Crippen LogP contribution in [0.25, 0.3) is 0 Å². The molecule has 0 aromatic rings. The summed E-state index contributed by atoms with van der Waals surface area (Å²) in [5.74, 6) is 0.703. The van der Waals surface area contributed by atoms with Gasteiger partial charge in [-0.2, -0.15) is 0 Å². The van der Waals surface area contributed by atoms with Crippen LogP contribution in [0.2, 0.25) is 0 Å². The van der Waals surface area contributed by atoms with Crippen LogP contribution in [-0.4, -0.2) is 47.6 Å². The van der Waals surface area contributed by atoms with E-state index in [4.69, 9.17) is 9.05 Å². The van der Waals surface area contributed by atoms with E-state index in [2.05, 4.69) is 45.7 Å². The predicted octanol–water partition coefficient (Wildman–Crippen LogP) is 7.27. The van der Waals surface area contributed by atoms with Gasteiger partial charge < -0.3 is 19.3 Å². The maximum atomic E-state index is 13.7. The van der Waals surface area contributed by atoms with Gasteiger partial charge in [0.2, 0.25) is 0 Å². The molecule has 2 N–H and O–H groups in total. The standard InChI is InChI=1S/C33H49O6P/c1-8-18-33(19-9-2,40(37,38-6)39-7)31(36)17-12-23(3)28-15-16-29-25(11-10-20-32(28,29)5)13-14-26-21-27(34)22-30(35)24(26)4/h8-9,12-14,17,23,27-30,34-35H,1-2,4,10-11,15-16,18-22H2,3,5-7H3/b17-12+,25-13+,26-14-/t23-,27-,28-,29?,30+,32-/m1/s1. The minimum atomic E-state index is -3.77. The van der Waals surface area contributed by atoms with Crippen LogP contribution < -0.4 is 0 Å². The van der Waals surface area contributed by atoms with Crippen LogP contribution in [0.5, 0.6) is 0 Å². The molecule has 3 aliphatic rings. The first-order valence-electron chi connectivity index (χ1n) is 14.5. The second kappa shape index (κ2) is 13.4. The molecule has 3 fully saturated rings. The van der Waals surface area contributed by atoms with E-state index in [1.54, 1.807) is 18.2 Å². The van der Waals surface area contributed by atoms with Crippen molar-refractivity contribution in [3.63, 3.8) is 0 Å². The van der Waals surface area contributed by atoms with Gasteiger partial charge in [-0.1, -0.05) is 56.4 Å².